The monoisotopic (exact) mass is 886 g/mol. The Morgan fingerprint density at radius 3 is 1.57 bits per heavy atom. The number of hydrogen-bond acceptors (Lipinski definition) is 11. The van der Waals surface area contributed by atoms with Crippen LogP contribution >= 0.6 is 23.2 Å². The number of amides is 2. The SMILES string of the molecule is COc1ccc(NCc2ccc(C(=N)N(C)C)cc2)c(C(=O)Nc2ccc(Cl)cn2)c1.COc1ccc(NCc2ccc(C3=NCCN3C)cc2)c(C(=O)Nc2ccc(Cl)cn2)c1. The summed E-state index contributed by atoms with van der Waals surface area (Å²) in [6, 6.07) is 33.3. The van der Waals surface area contributed by atoms with Crippen molar-refractivity contribution >= 4 is 69.7 Å². The average molecular weight is 888 g/mol. The number of nitrogens with zero attached hydrogens (tertiary/aromatic N) is 5. The maximum Gasteiger partial charge on any atom is 0.259 e. The van der Waals surface area contributed by atoms with E-state index in [-0.39, 0.29) is 11.8 Å². The van der Waals surface area contributed by atoms with Gasteiger partial charge >= 0.3 is 0 Å². The highest BCUT2D eigenvalue weighted by molar-refractivity contribution is 6.30. The van der Waals surface area contributed by atoms with Crippen LogP contribution in [0.3, 0.4) is 0 Å². The molecule has 0 radical (unpaired) electrons. The molecule has 0 spiro atoms. The van der Waals surface area contributed by atoms with E-state index < -0.39 is 0 Å². The molecule has 324 valence electrons. The predicted molar refractivity (Wildman–Crippen MR) is 252 cm³/mol. The normalized spacial score (nSPS) is 11.7. The summed E-state index contributed by atoms with van der Waals surface area (Å²) in [6.07, 6.45) is 2.96. The molecule has 2 aromatic heterocycles. The van der Waals surface area contributed by atoms with E-state index in [9.17, 15) is 9.59 Å². The van der Waals surface area contributed by atoms with E-state index in [0.29, 0.717) is 74.6 Å². The number of carbonyl (C=O) groups excluding carboxylic acids is 2. The van der Waals surface area contributed by atoms with Crippen molar-refractivity contribution in [2.24, 2.45) is 4.99 Å². The maximum absolute atomic E-state index is 12.9. The van der Waals surface area contributed by atoms with Crippen LogP contribution in [0.25, 0.3) is 0 Å². The first kappa shape index (κ1) is 45.4. The molecule has 2 amide bonds. The number of likely N-dealkylation sites (N-methyl/N-ethyl adjacent to an activating group) is 1. The molecule has 0 bridgehead atoms. The fourth-order valence-corrected chi connectivity index (χ4v) is 6.52. The van der Waals surface area contributed by atoms with Gasteiger partial charge in [0, 0.05) is 75.7 Å². The van der Waals surface area contributed by atoms with Crippen LogP contribution in [-0.4, -0.2) is 91.7 Å². The van der Waals surface area contributed by atoms with E-state index in [1.165, 1.54) is 12.4 Å². The number of anilines is 4. The van der Waals surface area contributed by atoms with Crippen LogP contribution in [-0.2, 0) is 13.1 Å². The zero-order valence-electron chi connectivity index (χ0n) is 35.5. The Balaban J connectivity index is 0.000000210. The summed E-state index contributed by atoms with van der Waals surface area (Å²) in [6.45, 7) is 2.87. The van der Waals surface area contributed by atoms with Gasteiger partial charge < -0.3 is 40.5 Å². The number of pyridine rings is 2. The van der Waals surface area contributed by atoms with E-state index in [0.717, 1.165) is 41.2 Å². The molecule has 1 aliphatic heterocycles. The first-order valence-corrected chi connectivity index (χ1v) is 20.6. The number of aromatic nitrogens is 2. The van der Waals surface area contributed by atoms with Crippen LogP contribution in [0.4, 0.5) is 23.0 Å². The number of hydrogen-bond donors (Lipinski definition) is 5. The van der Waals surface area contributed by atoms with E-state index in [2.05, 4.69) is 72.4 Å². The number of carbonyl (C=O) groups is 2. The minimum Gasteiger partial charge on any atom is -0.497 e. The lowest BCUT2D eigenvalue weighted by Crippen LogP contribution is -2.23. The van der Waals surface area contributed by atoms with Crippen LogP contribution < -0.4 is 30.7 Å². The van der Waals surface area contributed by atoms with Crippen molar-refractivity contribution in [1.29, 1.82) is 5.41 Å². The minimum absolute atomic E-state index is 0.293. The zero-order valence-corrected chi connectivity index (χ0v) is 37.0. The van der Waals surface area contributed by atoms with Crippen LogP contribution in [0.5, 0.6) is 11.5 Å². The highest BCUT2D eigenvalue weighted by atomic mass is 35.5. The molecule has 7 rings (SSSR count). The third-order valence-corrected chi connectivity index (χ3v) is 10.2. The lowest BCUT2D eigenvalue weighted by molar-refractivity contribution is 0.101. The number of nitrogens with one attached hydrogen (secondary N) is 5. The molecule has 6 aromatic rings. The van der Waals surface area contributed by atoms with Gasteiger partial charge in [-0.2, -0.15) is 0 Å². The molecule has 63 heavy (non-hydrogen) atoms. The Morgan fingerprint density at radius 1 is 0.698 bits per heavy atom. The minimum atomic E-state index is -0.314. The van der Waals surface area contributed by atoms with Gasteiger partial charge in [-0.3, -0.25) is 20.0 Å². The van der Waals surface area contributed by atoms with E-state index >= 15 is 0 Å². The molecule has 4 aromatic carbocycles. The second-order valence-electron chi connectivity index (χ2n) is 14.4. The lowest BCUT2D eigenvalue weighted by Gasteiger charge is -2.15. The zero-order chi connectivity index (χ0) is 44.9. The van der Waals surface area contributed by atoms with Crippen LogP contribution in [0.15, 0.2) is 127 Å². The Kier molecular flexibility index (Phi) is 15.5. The van der Waals surface area contributed by atoms with Gasteiger partial charge in [-0.1, -0.05) is 71.7 Å². The second kappa shape index (κ2) is 21.6. The third-order valence-electron chi connectivity index (χ3n) is 9.79. The molecular formula is C47H48Cl2N10O4. The summed E-state index contributed by atoms with van der Waals surface area (Å²) >= 11 is 11.7. The number of aliphatic imine (C=N–C) groups is 1. The maximum atomic E-state index is 12.9. The smallest absolute Gasteiger partial charge is 0.259 e. The topological polar surface area (TPSA) is 169 Å². The second-order valence-corrected chi connectivity index (χ2v) is 15.3. The van der Waals surface area contributed by atoms with E-state index in [1.54, 1.807) is 67.7 Å². The van der Waals surface area contributed by atoms with E-state index in [1.807, 2.05) is 50.5 Å². The van der Waals surface area contributed by atoms with E-state index in [4.69, 9.17) is 38.1 Å². The molecule has 0 atom stereocenters. The van der Waals surface area contributed by atoms with Gasteiger partial charge in [0.05, 0.1) is 41.9 Å². The first-order chi connectivity index (χ1) is 30.4. The number of benzene rings is 4. The molecule has 1 aliphatic rings. The van der Waals surface area contributed by atoms with Gasteiger partial charge in [0.15, 0.2) is 0 Å². The van der Waals surface area contributed by atoms with Crippen LogP contribution in [0.2, 0.25) is 10.0 Å². The van der Waals surface area contributed by atoms with Gasteiger partial charge in [0.2, 0.25) is 0 Å². The largest absolute Gasteiger partial charge is 0.497 e. The number of ether oxygens (including phenoxy) is 2. The van der Waals surface area contributed by atoms with Gasteiger partial charge in [-0.05, 0) is 71.8 Å². The standard InChI is InChI=1S/C24H24ClN5O2.C23H24ClN5O2/c1-30-12-11-26-23(30)17-5-3-16(4-6-17)14-27-21-9-8-19(32-2)13-20(21)24(31)29-22-10-7-18(25)15-28-22;1-29(2)22(25)16-6-4-15(5-7-16)13-26-20-10-9-18(31-3)12-19(20)23(30)28-21-11-8-17(24)14-27-21/h3-10,13,15,27H,11-12,14H2,1-2H3,(H,28,29,31);4-12,14,25-26H,13H2,1-3H3,(H,27,28,30). The highest BCUT2D eigenvalue weighted by Crippen LogP contribution is 2.26. The summed E-state index contributed by atoms with van der Waals surface area (Å²) in [4.78, 5) is 42.5. The molecule has 0 aliphatic carbocycles. The van der Waals surface area contributed by atoms with Crippen molar-refractivity contribution in [2.75, 3.05) is 69.7 Å². The third kappa shape index (κ3) is 12.5. The van der Waals surface area contributed by atoms with Crippen LogP contribution in [0.1, 0.15) is 43.0 Å². The fraction of sp³-hybridized carbons (Fsp3) is 0.191. The van der Waals surface area contributed by atoms with Crippen molar-refractivity contribution in [3.8, 4) is 11.5 Å². The summed E-state index contributed by atoms with van der Waals surface area (Å²) < 4.78 is 10.6. The van der Waals surface area contributed by atoms with Crippen molar-refractivity contribution in [2.45, 2.75) is 13.1 Å². The molecule has 16 heteroatoms. The number of methoxy groups -OCH3 is 2. The van der Waals surface area contributed by atoms with Gasteiger partial charge in [0.1, 0.15) is 34.8 Å². The highest BCUT2D eigenvalue weighted by Gasteiger charge is 2.17. The Labute approximate surface area is 376 Å². The summed E-state index contributed by atoms with van der Waals surface area (Å²) in [5, 5.41) is 21.3. The van der Waals surface area contributed by atoms with Crippen molar-refractivity contribution in [1.82, 2.24) is 19.8 Å². The first-order valence-electron chi connectivity index (χ1n) is 19.8. The Morgan fingerprint density at radius 2 is 1.17 bits per heavy atom. The van der Waals surface area contributed by atoms with Crippen molar-refractivity contribution in [3.05, 3.63) is 165 Å². The van der Waals surface area contributed by atoms with Crippen LogP contribution in [0, 0.1) is 5.41 Å². The molecule has 0 saturated heterocycles. The Hall–Kier alpha value is -7.16. The number of rotatable bonds is 14. The Bertz CT molecular complexity index is 2550. The summed E-state index contributed by atoms with van der Waals surface area (Å²) in [5.41, 5.74) is 6.32. The molecule has 0 fully saturated rings. The van der Waals surface area contributed by atoms with Crippen molar-refractivity contribution in [3.63, 3.8) is 0 Å². The van der Waals surface area contributed by atoms with Gasteiger partial charge in [0.25, 0.3) is 11.8 Å². The quantitative estimate of drug-likeness (QED) is 0.0527. The summed E-state index contributed by atoms with van der Waals surface area (Å²) in [5.74, 6) is 2.86. The predicted octanol–water partition coefficient (Wildman–Crippen LogP) is 8.79. The molecular weight excluding hydrogens is 839 g/mol. The number of halogens is 2. The molecule has 14 nitrogen and oxygen atoms in total. The fourth-order valence-electron chi connectivity index (χ4n) is 6.30. The van der Waals surface area contributed by atoms with Crippen molar-refractivity contribution < 1.29 is 19.1 Å². The molecule has 0 unspecified atom stereocenters. The van der Waals surface area contributed by atoms with Gasteiger partial charge in [-0.15, -0.1) is 0 Å². The molecule has 5 N–H and O–H groups in total. The molecule has 3 heterocycles. The average Bonchev–Trinajstić information content (AvgIpc) is 3.74. The lowest BCUT2D eigenvalue weighted by atomic mass is 10.1. The summed E-state index contributed by atoms with van der Waals surface area (Å²) in [7, 11) is 8.86. The van der Waals surface area contributed by atoms with Gasteiger partial charge in [-0.25, -0.2) is 9.97 Å². The number of amidine groups is 2. The molecule has 0 saturated carbocycles.